The minimum absolute atomic E-state index is 0.291. The molecule has 0 bridgehead atoms. The van der Waals surface area contributed by atoms with Gasteiger partial charge in [-0.1, -0.05) is 60.3 Å². The summed E-state index contributed by atoms with van der Waals surface area (Å²) in [6.45, 7) is 2.13. The highest BCUT2D eigenvalue weighted by molar-refractivity contribution is 8.00. The molecule has 7 heteroatoms. The fourth-order valence-corrected chi connectivity index (χ4v) is 3.94. The van der Waals surface area contributed by atoms with Crippen LogP contribution in [0.4, 0.5) is 0 Å². The Hall–Kier alpha value is -3.19. The highest BCUT2D eigenvalue weighted by Crippen LogP contribution is 2.38. The molecule has 4 aromatic rings. The van der Waals surface area contributed by atoms with Gasteiger partial charge < -0.3 is 4.74 Å². The first-order valence-electron chi connectivity index (χ1n) is 8.90. The van der Waals surface area contributed by atoms with Crippen LogP contribution in [-0.2, 0) is 9.53 Å². The van der Waals surface area contributed by atoms with Gasteiger partial charge >= 0.3 is 5.97 Å². The van der Waals surface area contributed by atoms with E-state index < -0.39 is 5.25 Å². The number of benzene rings is 2. The molecule has 140 valence electrons. The van der Waals surface area contributed by atoms with E-state index in [0.29, 0.717) is 17.3 Å². The van der Waals surface area contributed by atoms with E-state index in [4.69, 9.17) is 4.74 Å². The van der Waals surface area contributed by atoms with Crippen molar-refractivity contribution in [2.24, 2.45) is 0 Å². The molecule has 0 fully saturated rings. The fraction of sp³-hybridized carbons (Fsp3) is 0.143. The molecule has 4 rings (SSSR count). The highest BCUT2D eigenvalue weighted by Gasteiger charge is 2.25. The largest absolute Gasteiger partial charge is 0.465 e. The van der Waals surface area contributed by atoms with Crippen molar-refractivity contribution in [1.82, 2.24) is 19.7 Å². The summed E-state index contributed by atoms with van der Waals surface area (Å²) in [4.78, 5) is 21.4. The molecular formula is C21H18N4O2S. The Labute approximate surface area is 166 Å². The van der Waals surface area contributed by atoms with Crippen molar-refractivity contribution in [3.05, 3.63) is 78.8 Å². The Morgan fingerprint density at radius 2 is 1.79 bits per heavy atom. The van der Waals surface area contributed by atoms with Crippen LogP contribution < -0.4 is 0 Å². The first kappa shape index (κ1) is 18.2. The van der Waals surface area contributed by atoms with E-state index in [2.05, 4.69) is 15.1 Å². The van der Waals surface area contributed by atoms with Crippen LogP contribution in [0.5, 0.6) is 0 Å². The van der Waals surface area contributed by atoms with Crippen LogP contribution in [0.2, 0.25) is 0 Å². The lowest BCUT2D eigenvalue weighted by Gasteiger charge is -2.15. The SMILES string of the molecule is CCOC(=O)C(Sc1ncnc2c1cnn2-c1ccccc1)c1ccccc1. The summed E-state index contributed by atoms with van der Waals surface area (Å²) >= 11 is 1.35. The summed E-state index contributed by atoms with van der Waals surface area (Å²) in [5.41, 5.74) is 2.48. The number of thioether (sulfide) groups is 1. The van der Waals surface area contributed by atoms with Crippen LogP contribution in [0, 0.1) is 0 Å². The molecule has 0 spiro atoms. The average molecular weight is 390 g/mol. The third-order valence-corrected chi connectivity index (χ3v) is 5.41. The lowest BCUT2D eigenvalue weighted by molar-refractivity contribution is -0.142. The molecule has 2 aromatic heterocycles. The van der Waals surface area contributed by atoms with Crippen molar-refractivity contribution in [3.63, 3.8) is 0 Å². The molecule has 1 atom stereocenters. The van der Waals surface area contributed by atoms with Gasteiger partial charge in [-0.05, 0) is 24.6 Å². The lowest BCUT2D eigenvalue weighted by Crippen LogP contribution is -2.13. The molecule has 2 aromatic carbocycles. The van der Waals surface area contributed by atoms with Gasteiger partial charge in [-0.2, -0.15) is 5.10 Å². The summed E-state index contributed by atoms with van der Waals surface area (Å²) < 4.78 is 7.06. The number of hydrogen-bond acceptors (Lipinski definition) is 6. The molecule has 0 N–H and O–H groups in total. The number of esters is 1. The van der Waals surface area contributed by atoms with Gasteiger partial charge in [0.25, 0.3) is 0 Å². The first-order valence-corrected chi connectivity index (χ1v) is 9.78. The Morgan fingerprint density at radius 1 is 1.07 bits per heavy atom. The standard InChI is InChI=1S/C21H18N4O2S/c1-2-27-21(26)18(15-9-5-3-6-10-15)28-20-17-13-24-25(19(17)22-14-23-20)16-11-7-4-8-12-16/h3-14,18H,2H2,1H3. The van der Waals surface area contributed by atoms with Gasteiger partial charge in [0.15, 0.2) is 5.65 Å². The van der Waals surface area contributed by atoms with Crippen molar-refractivity contribution in [1.29, 1.82) is 0 Å². The van der Waals surface area contributed by atoms with Crippen LogP contribution in [0.1, 0.15) is 17.7 Å². The predicted octanol–water partition coefficient (Wildman–Crippen LogP) is 4.21. The zero-order valence-electron chi connectivity index (χ0n) is 15.2. The molecular weight excluding hydrogens is 372 g/mol. The molecule has 0 radical (unpaired) electrons. The second kappa shape index (κ2) is 8.22. The summed E-state index contributed by atoms with van der Waals surface area (Å²) in [5.74, 6) is -0.291. The van der Waals surface area contributed by atoms with Crippen molar-refractivity contribution in [2.75, 3.05) is 6.61 Å². The van der Waals surface area contributed by atoms with E-state index in [1.54, 1.807) is 17.8 Å². The Kier molecular flexibility index (Phi) is 5.34. The second-order valence-electron chi connectivity index (χ2n) is 5.97. The molecule has 28 heavy (non-hydrogen) atoms. The molecule has 0 amide bonds. The molecule has 0 saturated carbocycles. The van der Waals surface area contributed by atoms with Crippen LogP contribution in [0.3, 0.4) is 0 Å². The van der Waals surface area contributed by atoms with Gasteiger partial charge in [0.05, 0.1) is 23.9 Å². The maximum absolute atomic E-state index is 12.6. The van der Waals surface area contributed by atoms with E-state index in [-0.39, 0.29) is 5.97 Å². The molecule has 0 aliphatic heterocycles. The molecule has 0 aliphatic carbocycles. The number of carbonyl (C=O) groups excluding carboxylic acids is 1. The summed E-state index contributed by atoms with van der Waals surface area (Å²) in [7, 11) is 0. The molecule has 0 saturated heterocycles. The van der Waals surface area contributed by atoms with Gasteiger partial charge in [-0.15, -0.1) is 0 Å². The fourth-order valence-electron chi connectivity index (χ4n) is 2.88. The first-order chi connectivity index (χ1) is 13.8. The summed E-state index contributed by atoms with van der Waals surface area (Å²) in [5, 5.41) is 5.44. The topological polar surface area (TPSA) is 69.9 Å². The van der Waals surface area contributed by atoms with Crippen LogP contribution in [0.15, 0.2) is 78.2 Å². The van der Waals surface area contributed by atoms with E-state index in [1.807, 2.05) is 60.7 Å². The monoisotopic (exact) mass is 390 g/mol. The Bertz CT molecular complexity index is 1080. The number of hydrogen-bond donors (Lipinski definition) is 0. The third kappa shape index (κ3) is 3.61. The maximum atomic E-state index is 12.6. The van der Waals surface area contributed by atoms with Crippen molar-refractivity contribution >= 4 is 28.8 Å². The predicted molar refractivity (Wildman–Crippen MR) is 108 cm³/mol. The minimum atomic E-state index is -0.515. The van der Waals surface area contributed by atoms with Gasteiger partial charge in [-0.25, -0.2) is 14.6 Å². The van der Waals surface area contributed by atoms with Gasteiger partial charge in [0.1, 0.15) is 16.6 Å². The number of fused-ring (bicyclic) bond motifs is 1. The zero-order chi connectivity index (χ0) is 19.3. The maximum Gasteiger partial charge on any atom is 0.324 e. The van der Waals surface area contributed by atoms with E-state index in [0.717, 1.165) is 16.6 Å². The number of nitrogens with zero attached hydrogens (tertiary/aromatic N) is 4. The summed E-state index contributed by atoms with van der Waals surface area (Å²) in [6, 6.07) is 19.4. The zero-order valence-corrected chi connectivity index (χ0v) is 16.0. The number of rotatable bonds is 6. The average Bonchev–Trinajstić information content (AvgIpc) is 3.18. The smallest absolute Gasteiger partial charge is 0.324 e. The molecule has 1 unspecified atom stereocenters. The highest BCUT2D eigenvalue weighted by atomic mass is 32.2. The van der Waals surface area contributed by atoms with Crippen LogP contribution >= 0.6 is 11.8 Å². The third-order valence-electron chi connectivity index (χ3n) is 4.16. The normalized spacial score (nSPS) is 12.0. The minimum Gasteiger partial charge on any atom is -0.465 e. The van der Waals surface area contributed by atoms with Crippen molar-refractivity contribution in [2.45, 2.75) is 17.2 Å². The number of para-hydroxylation sites is 1. The van der Waals surface area contributed by atoms with Crippen LogP contribution in [0.25, 0.3) is 16.7 Å². The van der Waals surface area contributed by atoms with Gasteiger partial charge in [0.2, 0.25) is 0 Å². The van der Waals surface area contributed by atoms with Crippen molar-refractivity contribution in [3.8, 4) is 5.69 Å². The lowest BCUT2D eigenvalue weighted by atomic mass is 10.1. The number of ether oxygens (including phenoxy) is 1. The van der Waals surface area contributed by atoms with E-state index in [1.165, 1.54) is 18.1 Å². The summed E-state index contributed by atoms with van der Waals surface area (Å²) in [6.07, 6.45) is 3.23. The van der Waals surface area contributed by atoms with E-state index >= 15 is 0 Å². The van der Waals surface area contributed by atoms with Gasteiger partial charge in [-0.3, -0.25) is 4.79 Å². The Morgan fingerprint density at radius 3 is 2.50 bits per heavy atom. The number of carbonyl (C=O) groups is 1. The molecule has 2 heterocycles. The molecule has 6 nitrogen and oxygen atoms in total. The van der Waals surface area contributed by atoms with Gasteiger partial charge in [0, 0.05) is 0 Å². The molecule has 0 aliphatic rings. The number of aromatic nitrogens is 4. The quantitative estimate of drug-likeness (QED) is 0.279. The van der Waals surface area contributed by atoms with E-state index in [9.17, 15) is 4.79 Å². The van der Waals surface area contributed by atoms with Crippen LogP contribution in [-0.4, -0.2) is 32.3 Å². The second-order valence-corrected chi connectivity index (χ2v) is 7.06. The van der Waals surface area contributed by atoms with Crippen molar-refractivity contribution < 1.29 is 9.53 Å². The Balaban J connectivity index is 1.74.